The lowest BCUT2D eigenvalue weighted by atomic mass is 9.76. The van der Waals surface area contributed by atoms with Gasteiger partial charge >= 0.3 is 12.1 Å². The highest BCUT2D eigenvalue weighted by atomic mass is 19.4. The third kappa shape index (κ3) is 6.22. The molecule has 0 bridgehead atoms. The number of hydrogen-bond acceptors (Lipinski definition) is 9. The quantitative estimate of drug-likeness (QED) is 0.206. The van der Waals surface area contributed by atoms with Gasteiger partial charge in [0.1, 0.15) is 11.9 Å². The molecule has 2 atom stereocenters. The highest BCUT2D eigenvalue weighted by Gasteiger charge is 2.46. The van der Waals surface area contributed by atoms with Gasteiger partial charge in [-0.1, -0.05) is 30.3 Å². The number of halogens is 3. The molecule has 248 valence electrons. The maximum atomic E-state index is 14.9. The van der Waals surface area contributed by atoms with Crippen LogP contribution >= 0.6 is 0 Å². The molecule has 2 aromatic carbocycles. The number of nitrogens with one attached hydrogen (secondary N) is 1. The highest BCUT2D eigenvalue weighted by molar-refractivity contribution is 5.84. The standard InChI is InChI=1S/C34H33F3N8O3/c1-20-8-12-45(43-20)27-16-23(22-5-4-21-3-2-11-39-25(21)15-22)6-7-24(27)30(34(35,36)37)48-29-17-28(41-32(38)42-29)44-13-9-33(10-14-44)18-26(31(46)47)40-19-33/h2-8,11-12,15-17,26,30,40H,9-10,13-14,18-19H2,1H3,(H,46,47)(H2,38,41,42)/t26?,30-/m1/s1. The Kier molecular flexibility index (Phi) is 7.90. The van der Waals surface area contributed by atoms with Gasteiger partial charge in [-0.25, -0.2) is 4.68 Å². The van der Waals surface area contributed by atoms with Crippen molar-refractivity contribution in [1.82, 2.24) is 30.0 Å². The highest BCUT2D eigenvalue weighted by Crippen LogP contribution is 2.43. The zero-order valence-electron chi connectivity index (χ0n) is 26.0. The molecular weight excluding hydrogens is 625 g/mol. The Hall–Kier alpha value is -5.24. The first-order chi connectivity index (χ1) is 23.0. The van der Waals surface area contributed by atoms with Crippen molar-refractivity contribution in [2.24, 2.45) is 5.41 Å². The van der Waals surface area contributed by atoms with Crippen LogP contribution in [0, 0.1) is 12.3 Å². The third-order valence-electron chi connectivity index (χ3n) is 9.27. The Balaban J connectivity index is 1.20. The summed E-state index contributed by atoms with van der Waals surface area (Å²) in [7, 11) is 0. The number of aryl methyl sites for hydroxylation is 1. The number of nitrogen functional groups attached to an aromatic ring is 1. The Morgan fingerprint density at radius 3 is 2.56 bits per heavy atom. The molecule has 0 saturated carbocycles. The number of alkyl halides is 3. The monoisotopic (exact) mass is 658 g/mol. The molecular formula is C34H33F3N8O3. The van der Waals surface area contributed by atoms with E-state index in [0.717, 1.165) is 16.5 Å². The molecule has 5 heterocycles. The fourth-order valence-corrected chi connectivity index (χ4v) is 6.70. The number of rotatable bonds is 7. The van der Waals surface area contributed by atoms with Gasteiger partial charge in [0.25, 0.3) is 0 Å². The second kappa shape index (κ2) is 12.1. The molecule has 3 aromatic heterocycles. The van der Waals surface area contributed by atoms with Crippen molar-refractivity contribution in [3.05, 3.63) is 84.3 Å². The van der Waals surface area contributed by atoms with Crippen molar-refractivity contribution < 1.29 is 27.8 Å². The fraction of sp³-hybridized carbons (Fsp3) is 0.324. The lowest BCUT2D eigenvalue weighted by Crippen LogP contribution is -2.41. The number of aliphatic carboxylic acids is 1. The zero-order chi connectivity index (χ0) is 33.6. The Bertz CT molecular complexity index is 1990. The predicted molar refractivity (Wildman–Crippen MR) is 173 cm³/mol. The lowest BCUT2D eigenvalue weighted by molar-refractivity contribution is -0.198. The summed E-state index contributed by atoms with van der Waals surface area (Å²) in [5.74, 6) is -1.07. The van der Waals surface area contributed by atoms with Crippen molar-refractivity contribution in [2.75, 3.05) is 30.3 Å². The van der Waals surface area contributed by atoms with Gasteiger partial charge in [0, 0.05) is 49.0 Å². The van der Waals surface area contributed by atoms with E-state index >= 15 is 0 Å². The summed E-state index contributed by atoms with van der Waals surface area (Å²) >= 11 is 0. The number of carboxylic acids is 1. The van der Waals surface area contributed by atoms with E-state index in [4.69, 9.17) is 10.5 Å². The van der Waals surface area contributed by atoms with E-state index in [1.54, 1.807) is 37.5 Å². The smallest absolute Gasteiger partial charge is 0.429 e. The van der Waals surface area contributed by atoms with E-state index in [0.29, 0.717) is 56.0 Å². The fourth-order valence-electron chi connectivity index (χ4n) is 6.70. The van der Waals surface area contributed by atoms with Gasteiger partial charge in [-0.3, -0.25) is 9.78 Å². The van der Waals surface area contributed by atoms with Crippen molar-refractivity contribution in [2.45, 2.75) is 44.5 Å². The molecule has 0 radical (unpaired) electrons. The van der Waals surface area contributed by atoms with Gasteiger partial charge in [0.05, 0.1) is 16.9 Å². The predicted octanol–water partition coefficient (Wildman–Crippen LogP) is 5.48. The summed E-state index contributed by atoms with van der Waals surface area (Å²) in [5, 5.41) is 17.9. The SMILES string of the molecule is Cc1ccn(-c2cc(-c3ccc4cccnc4c3)ccc2[C@@H](Oc2cc(N3CCC4(CC3)CNC(C(=O)O)C4)nc(N)n2)C(F)(F)F)n1. The molecule has 5 aromatic rings. The number of benzene rings is 2. The number of nitrogens with two attached hydrogens (primary N) is 1. The number of anilines is 2. The molecule has 7 rings (SSSR count). The Morgan fingerprint density at radius 1 is 1.08 bits per heavy atom. The summed E-state index contributed by atoms with van der Waals surface area (Å²) in [6.07, 6.45) is -2.03. The molecule has 1 unspecified atom stereocenters. The minimum Gasteiger partial charge on any atom is -0.480 e. The third-order valence-corrected chi connectivity index (χ3v) is 9.27. The first-order valence-electron chi connectivity index (χ1n) is 15.6. The van der Waals surface area contributed by atoms with Crippen LogP contribution in [0.3, 0.4) is 0 Å². The van der Waals surface area contributed by atoms with Gasteiger partial charge in [-0.15, -0.1) is 0 Å². The Morgan fingerprint density at radius 2 is 1.85 bits per heavy atom. The number of nitrogens with zero attached hydrogens (tertiary/aromatic N) is 6. The second-order valence-electron chi connectivity index (χ2n) is 12.5. The van der Waals surface area contributed by atoms with Crippen LogP contribution in [0.25, 0.3) is 27.7 Å². The average Bonchev–Trinajstić information content (AvgIpc) is 3.69. The molecule has 2 saturated heterocycles. The molecule has 48 heavy (non-hydrogen) atoms. The number of ether oxygens (including phenoxy) is 1. The molecule has 2 aliphatic heterocycles. The number of carbonyl (C=O) groups is 1. The summed E-state index contributed by atoms with van der Waals surface area (Å²) in [5.41, 5.74) is 8.73. The van der Waals surface area contributed by atoms with E-state index < -0.39 is 24.3 Å². The van der Waals surface area contributed by atoms with E-state index in [1.165, 1.54) is 16.8 Å². The van der Waals surface area contributed by atoms with Crippen LogP contribution in [0.4, 0.5) is 24.9 Å². The topological polar surface area (TPSA) is 144 Å². The second-order valence-corrected chi connectivity index (χ2v) is 12.5. The summed E-state index contributed by atoms with van der Waals surface area (Å²) in [6, 6.07) is 16.7. The van der Waals surface area contributed by atoms with E-state index in [9.17, 15) is 23.1 Å². The maximum Gasteiger partial charge on any atom is 0.429 e. The van der Waals surface area contributed by atoms with Crippen LogP contribution < -0.4 is 20.7 Å². The van der Waals surface area contributed by atoms with Gasteiger partial charge in [-0.05, 0) is 67.0 Å². The van der Waals surface area contributed by atoms with Crippen LogP contribution in [0.1, 0.15) is 36.6 Å². The molecule has 0 aliphatic carbocycles. The summed E-state index contributed by atoms with van der Waals surface area (Å²) in [4.78, 5) is 26.1. The summed E-state index contributed by atoms with van der Waals surface area (Å²) in [6.45, 7) is 3.41. The van der Waals surface area contributed by atoms with Gasteiger partial charge in [0.15, 0.2) is 0 Å². The minimum atomic E-state index is -4.83. The van der Waals surface area contributed by atoms with Crippen LogP contribution in [0.15, 0.2) is 73.1 Å². The minimum absolute atomic E-state index is 0.157. The number of carboxylic acid groups (broad SMARTS) is 1. The number of piperidine rings is 1. The van der Waals surface area contributed by atoms with Crippen molar-refractivity contribution in [3.63, 3.8) is 0 Å². The molecule has 2 fully saturated rings. The van der Waals surface area contributed by atoms with Gasteiger partial charge in [-0.2, -0.15) is 28.2 Å². The first kappa shape index (κ1) is 31.4. The van der Waals surface area contributed by atoms with Crippen molar-refractivity contribution in [1.29, 1.82) is 0 Å². The molecule has 2 aliphatic rings. The molecule has 0 amide bonds. The van der Waals surface area contributed by atoms with Crippen LogP contribution in [0.2, 0.25) is 0 Å². The zero-order valence-corrected chi connectivity index (χ0v) is 26.0. The van der Waals surface area contributed by atoms with E-state index in [-0.39, 0.29) is 28.5 Å². The van der Waals surface area contributed by atoms with Crippen LogP contribution in [0.5, 0.6) is 5.88 Å². The van der Waals surface area contributed by atoms with Crippen molar-refractivity contribution >= 4 is 28.6 Å². The molecule has 11 nitrogen and oxygen atoms in total. The van der Waals surface area contributed by atoms with Crippen LogP contribution in [-0.2, 0) is 4.79 Å². The van der Waals surface area contributed by atoms with Gasteiger partial charge < -0.3 is 25.8 Å². The number of aromatic nitrogens is 5. The van der Waals surface area contributed by atoms with E-state index in [2.05, 4.69) is 25.4 Å². The maximum absolute atomic E-state index is 14.9. The largest absolute Gasteiger partial charge is 0.480 e. The van der Waals surface area contributed by atoms with E-state index in [1.807, 2.05) is 35.2 Å². The molecule has 1 spiro atoms. The first-order valence-corrected chi connectivity index (χ1v) is 15.6. The van der Waals surface area contributed by atoms with Crippen molar-refractivity contribution in [3.8, 4) is 22.7 Å². The number of pyridine rings is 1. The average molecular weight is 659 g/mol. The van der Waals surface area contributed by atoms with Gasteiger partial charge in [0.2, 0.25) is 17.9 Å². The van der Waals surface area contributed by atoms with Crippen LogP contribution in [-0.4, -0.2) is 67.7 Å². The number of hydrogen-bond donors (Lipinski definition) is 3. The normalized spacial score (nSPS) is 18.3. The molecule has 4 N–H and O–H groups in total. The number of fused-ring (bicyclic) bond motifs is 1. The summed E-state index contributed by atoms with van der Waals surface area (Å²) < 4.78 is 51.8. The lowest BCUT2D eigenvalue weighted by Gasteiger charge is -2.39. The Labute approximate surface area is 273 Å². The molecule has 14 heteroatoms.